The Morgan fingerprint density at radius 3 is 2.44 bits per heavy atom. The average Bonchev–Trinajstić information content (AvgIpc) is 3.14. The molecule has 1 atom stereocenters. The van der Waals surface area contributed by atoms with Gasteiger partial charge in [0.2, 0.25) is 5.91 Å². The van der Waals surface area contributed by atoms with Crippen LogP contribution in [0.2, 0.25) is 0 Å². The number of alkyl halides is 2. The molecule has 0 saturated carbocycles. The van der Waals surface area contributed by atoms with E-state index >= 15 is 0 Å². The molecule has 0 N–H and O–H groups in total. The van der Waals surface area contributed by atoms with E-state index in [1.165, 1.54) is 11.7 Å². The van der Waals surface area contributed by atoms with Crippen molar-refractivity contribution in [2.45, 2.75) is 57.5 Å². The Hall–Kier alpha value is -1.99. The highest BCUT2D eigenvalue weighted by atomic mass is 19.3. The number of hydrogen-bond acceptors (Lipinski definition) is 3. The Balaban J connectivity index is 1.93. The second kappa shape index (κ2) is 6.38. The molecule has 8 heteroatoms. The normalized spacial score (nSPS) is 24.2. The Kier molecular flexibility index (Phi) is 4.55. The van der Waals surface area contributed by atoms with Gasteiger partial charge in [0.15, 0.2) is 0 Å². The number of aryl methyl sites for hydroxylation is 1. The van der Waals surface area contributed by atoms with E-state index in [-0.39, 0.29) is 17.6 Å². The van der Waals surface area contributed by atoms with Crippen LogP contribution in [-0.4, -0.2) is 56.1 Å². The third-order valence-electron chi connectivity index (χ3n) is 5.35. The van der Waals surface area contributed by atoms with Gasteiger partial charge in [0, 0.05) is 26.2 Å². The second-order valence-corrected chi connectivity index (χ2v) is 7.17. The Morgan fingerprint density at radius 1 is 1.24 bits per heavy atom. The van der Waals surface area contributed by atoms with Crippen molar-refractivity contribution in [2.24, 2.45) is 7.05 Å². The summed E-state index contributed by atoms with van der Waals surface area (Å²) in [6, 6.07) is 1.20. The lowest BCUT2D eigenvalue weighted by Gasteiger charge is -2.45. The van der Waals surface area contributed by atoms with Crippen molar-refractivity contribution in [2.75, 3.05) is 13.1 Å². The molecule has 2 aliphatic rings. The first-order valence-corrected chi connectivity index (χ1v) is 8.73. The number of carbonyl (C=O) groups is 2. The average molecular weight is 354 g/mol. The van der Waals surface area contributed by atoms with Crippen molar-refractivity contribution in [3.8, 4) is 0 Å². The van der Waals surface area contributed by atoms with Gasteiger partial charge in [-0.25, -0.2) is 8.78 Å². The molecule has 0 aromatic carbocycles. The van der Waals surface area contributed by atoms with Gasteiger partial charge in [-0.1, -0.05) is 0 Å². The third kappa shape index (κ3) is 2.81. The number of halogens is 2. The predicted octanol–water partition coefficient (Wildman–Crippen LogP) is 2.36. The van der Waals surface area contributed by atoms with E-state index in [4.69, 9.17) is 0 Å². The highest BCUT2D eigenvalue weighted by Crippen LogP contribution is 2.39. The van der Waals surface area contributed by atoms with Crippen molar-refractivity contribution in [3.05, 3.63) is 17.5 Å². The van der Waals surface area contributed by atoms with Gasteiger partial charge in [-0.2, -0.15) is 5.10 Å². The molecule has 0 aliphatic carbocycles. The van der Waals surface area contributed by atoms with Crippen LogP contribution in [0.4, 0.5) is 8.78 Å². The van der Waals surface area contributed by atoms with E-state index < -0.39 is 23.6 Å². The fourth-order valence-corrected chi connectivity index (χ4v) is 4.10. The molecule has 2 aliphatic heterocycles. The standard InChI is InChI=1S/C17H24F2N4O2/c1-11(2)22-8-4-6-17(16(22)25)7-5-9-23(17)15(24)13-10-12(14(18)19)20-21(13)3/h10-11,14H,4-9H2,1-3H3. The zero-order chi connectivity index (χ0) is 18.4. The number of piperidine rings is 1. The number of rotatable bonds is 3. The van der Waals surface area contributed by atoms with Crippen LogP contribution in [0.25, 0.3) is 0 Å². The van der Waals surface area contributed by atoms with Crippen LogP contribution in [0.1, 0.15) is 62.1 Å². The molecule has 2 saturated heterocycles. The molecule has 2 fully saturated rings. The number of carbonyl (C=O) groups excluding carboxylic acids is 2. The smallest absolute Gasteiger partial charge is 0.282 e. The fraction of sp³-hybridized carbons (Fsp3) is 0.706. The summed E-state index contributed by atoms with van der Waals surface area (Å²) in [5, 5.41) is 3.72. The first-order valence-electron chi connectivity index (χ1n) is 8.73. The van der Waals surface area contributed by atoms with Crippen LogP contribution < -0.4 is 0 Å². The number of hydrogen-bond donors (Lipinski definition) is 0. The van der Waals surface area contributed by atoms with Crippen LogP contribution in [0.15, 0.2) is 6.07 Å². The predicted molar refractivity (Wildman–Crippen MR) is 87.2 cm³/mol. The Morgan fingerprint density at radius 2 is 1.88 bits per heavy atom. The molecule has 6 nitrogen and oxygen atoms in total. The van der Waals surface area contributed by atoms with Crippen molar-refractivity contribution in [1.82, 2.24) is 19.6 Å². The minimum Gasteiger partial charge on any atom is -0.338 e. The maximum atomic E-state index is 13.1. The molecule has 2 amide bonds. The molecule has 0 radical (unpaired) electrons. The van der Waals surface area contributed by atoms with Gasteiger partial charge in [-0.05, 0) is 45.6 Å². The van der Waals surface area contributed by atoms with Crippen molar-refractivity contribution in [3.63, 3.8) is 0 Å². The Bertz CT molecular complexity index is 688. The van der Waals surface area contributed by atoms with Crippen LogP contribution in [-0.2, 0) is 11.8 Å². The minimum absolute atomic E-state index is 0.0177. The largest absolute Gasteiger partial charge is 0.338 e. The van der Waals surface area contributed by atoms with Gasteiger partial charge in [0.25, 0.3) is 12.3 Å². The fourth-order valence-electron chi connectivity index (χ4n) is 4.10. The molecular weight excluding hydrogens is 330 g/mol. The van der Waals surface area contributed by atoms with E-state index in [9.17, 15) is 18.4 Å². The maximum absolute atomic E-state index is 13.1. The molecule has 1 spiro atoms. The number of aromatic nitrogens is 2. The van der Waals surface area contributed by atoms with E-state index in [0.29, 0.717) is 25.9 Å². The zero-order valence-electron chi connectivity index (χ0n) is 14.8. The molecule has 138 valence electrons. The molecule has 25 heavy (non-hydrogen) atoms. The highest BCUT2D eigenvalue weighted by Gasteiger charge is 2.53. The van der Waals surface area contributed by atoms with E-state index in [1.54, 1.807) is 4.90 Å². The van der Waals surface area contributed by atoms with E-state index in [0.717, 1.165) is 18.9 Å². The highest BCUT2D eigenvalue weighted by molar-refractivity contribution is 5.99. The molecular formula is C17H24F2N4O2. The summed E-state index contributed by atoms with van der Waals surface area (Å²) in [5.41, 5.74) is -1.15. The molecule has 0 bridgehead atoms. The summed E-state index contributed by atoms with van der Waals surface area (Å²) in [7, 11) is 1.48. The summed E-state index contributed by atoms with van der Waals surface area (Å²) < 4.78 is 27.0. The lowest BCUT2D eigenvalue weighted by Crippen LogP contribution is -2.62. The monoisotopic (exact) mass is 354 g/mol. The van der Waals surface area contributed by atoms with Gasteiger partial charge in [-0.3, -0.25) is 14.3 Å². The van der Waals surface area contributed by atoms with Gasteiger partial charge >= 0.3 is 0 Å². The van der Waals surface area contributed by atoms with Crippen molar-refractivity contribution < 1.29 is 18.4 Å². The van der Waals surface area contributed by atoms with E-state index in [2.05, 4.69) is 5.10 Å². The summed E-state index contributed by atoms with van der Waals surface area (Å²) >= 11 is 0. The first kappa shape index (κ1) is 17.8. The molecule has 3 heterocycles. The molecule has 1 unspecified atom stereocenters. The lowest BCUT2D eigenvalue weighted by molar-refractivity contribution is -0.147. The summed E-state index contributed by atoms with van der Waals surface area (Å²) in [4.78, 5) is 29.6. The summed E-state index contributed by atoms with van der Waals surface area (Å²) in [6.07, 6.45) is 0.0958. The van der Waals surface area contributed by atoms with Crippen LogP contribution >= 0.6 is 0 Å². The zero-order valence-corrected chi connectivity index (χ0v) is 14.8. The second-order valence-electron chi connectivity index (χ2n) is 7.17. The Labute approximate surface area is 145 Å². The molecule has 1 aromatic heterocycles. The lowest BCUT2D eigenvalue weighted by atomic mass is 9.84. The van der Waals surface area contributed by atoms with Gasteiger partial charge < -0.3 is 9.80 Å². The van der Waals surface area contributed by atoms with Crippen LogP contribution in [0.5, 0.6) is 0 Å². The van der Waals surface area contributed by atoms with Gasteiger partial charge in [0.05, 0.1) is 0 Å². The van der Waals surface area contributed by atoms with Crippen LogP contribution in [0.3, 0.4) is 0 Å². The van der Waals surface area contributed by atoms with E-state index in [1.807, 2.05) is 18.7 Å². The van der Waals surface area contributed by atoms with Gasteiger partial charge in [-0.15, -0.1) is 0 Å². The van der Waals surface area contributed by atoms with Crippen LogP contribution in [0, 0.1) is 0 Å². The quantitative estimate of drug-likeness (QED) is 0.837. The number of nitrogens with zero attached hydrogens (tertiary/aromatic N) is 4. The molecule has 1 aromatic rings. The first-order chi connectivity index (χ1) is 11.8. The summed E-state index contributed by atoms with van der Waals surface area (Å²) in [6.45, 7) is 5.09. The van der Waals surface area contributed by atoms with Crippen molar-refractivity contribution in [1.29, 1.82) is 0 Å². The topological polar surface area (TPSA) is 58.4 Å². The van der Waals surface area contributed by atoms with Crippen molar-refractivity contribution >= 4 is 11.8 Å². The number of amides is 2. The summed E-state index contributed by atoms with van der Waals surface area (Å²) in [5.74, 6) is -0.408. The molecule has 3 rings (SSSR count). The van der Waals surface area contributed by atoms with Gasteiger partial charge in [0.1, 0.15) is 16.9 Å². The maximum Gasteiger partial charge on any atom is 0.282 e. The number of likely N-dealkylation sites (tertiary alicyclic amines) is 2. The minimum atomic E-state index is -2.73. The SMILES string of the molecule is CC(C)N1CCCC2(CCCN2C(=O)c2cc(C(F)F)nn2C)C1=O. The third-order valence-corrected chi connectivity index (χ3v) is 5.35.